The number of hydrogen-bond donors (Lipinski definition) is 2. The molecule has 0 bridgehead atoms. The molecule has 0 atom stereocenters. The highest BCUT2D eigenvalue weighted by atomic mass is 19.1. The first-order chi connectivity index (χ1) is 9.79. The third-order valence-corrected chi connectivity index (χ3v) is 2.80. The van der Waals surface area contributed by atoms with Crippen LogP contribution in [0.1, 0.15) is 16.1 Å². The van der Waals surface area contributed by atoms with Crippen LogP contribution in [-0.2, 0) is 7.05 Å². The first kappa shape index (κ1) is 14.4. The summed E-state index contributed by atoms with van der Waals surface area (Å²) in [6, 6.07) is 1.47. The zero-order chi connectivity index (χ0) is 15.7. The standard InChI is InChI=1S/C12H11FN4O4/c1-6-10(5-16(2)15-6)14-9-3-7(12(18)19)8(13)4-11(9)17(20)21/h3-5,14H,1-2H3,(H,18,19). The van der Waals surface area contributed by atoms with Crippen molar-refractivity contribution in [1.29, 1.82) is 0 Å². The Balaban J connectivity index is 2.54. The zero-order valence-electron chi connectivity index (χ0n) is 11.1. The van der Waals surface area contributed by atoms with Gasteiger partial charge >= 0.3 is 5.97 Å². The number of carbonyl (C=O) groups is 1. The maximum absolute atomic E-state index is 13.5. The lowest BCUT2D eigenvalue weighted by molar-refractivity contribution is -0.384. The molecule has 2 N–H and O–H groups in total. The molecule has 0 unspecified atom stereocenters. The van der Waals surface area contributed by atoms with Crippen LogP contribution in [0.2, 0.25) is 0 Å². The van der Waals surface area contributed by atoms with Gasteiger partial charge in [-0.1, -0.05) is 0 Å². The van der Waals surface area contributed by atoms with Gasteiger partial charge in [-0.2, -0.15) is 5.10 Å². The van der Waals surface area contributed by atoms with E-state index in [0.29, 0.717) is 17.4 Å². The fraction of sp³-hybridized carbons (Fsp3) is 0.167. The smallest absolute Gasteiger partial charge is 0.338 e. The van der Waals surface area contributed by atoms with E-state index < -0.39 is 28.0 Å². The van der Waals surface area contributed by atoms with E-state index in [9.17, 15) is 19.3 Å². The minimum Gasteiger partial charge on any atom is -0.478 e. The Morgan fingerprint density at radius 2 is 2.14 bits per heavy atom. The summed E-state index contributed by atoms with van der Waals surface area (Å²) >= 11 is 0. The summed E-state index contributed by atoms with van der Waals surface area (Å²) in [6.45, 7) is 1.68. The molecule has 0 saturated heterocycles. The highest BCUT2D eigenvalue weighted by Gasteiger charge is 2.22. The van der Waals surface area contributed by atoms with Crippen molar-refractivity contribution in [3.05, 3.63) is 45.5 Å². The van der Waals surface area contributed by atoms with Crippen molar-refractivity contribution >= 4 is 23.0 Å². The number of nitro benzene ring substituents is 1. The summed E-state index contributed by atoms with van der Waals surface area (Å²) in [6.07, 6.45) is 1.57. The number of anilines is 2. The van der Waals surface area contributed by atoms with Gasteiger partial charge in [-0.15, -0.1) is 0 Å². The van der Waals surface area contributed by atoms with Gasteiger partial charge in [-0.25, -0.2) is 9.18 Å². The van der Waals surface area contributed by atoms with Gasteiger partial charge in [-0.05, 0) is 13.0 Å². The quantitative estimate of drug-likeness (QED) is 0.660. The predicted molar refractivity (Wildman–Crippen MR) is 71.2 cm³/mol. The number of aromatic nitrogens is 2. The summed E-state index contributed by atoms with van der Waals surface area (Å²) < 4.78 is 15.0. The van der Waals surface area contributed by atoms with E-state index in [4.69, 9.17) is 5.11 Å². The van der Waals surface area contributed by atoms with Gasteiger partial charge in [0.05, 0.1) is 27.9 Å². The average Bonchev–Trinajstić information content (AvgIpc) is 2.68. The lowest BCUT2D eigenvalue weighted by Gasteiger charge is -2.07. The lowest BCUT2D eigenvalue weighted by Crippen LogP contribution is -2.05. The topological polar surface area (TPSA) is 110 Å². The molecule has 110 valence electrons. The molecule has 0 amide bonds. The minimum absolute atomic E-state index is 0.116. The first-order valence-corrected chi connectivity index (χ1v) is 5.78. The van der Waals surface area contributed by atoms with Gasteiger partial charge in [0, 0.05) is 13.2 Å². The number of aryl methyl sites for hydroxylation is 2. The Labute approximate surface area is 118 Å². The van der Waals surface area contributed by atoms with Gasteiger partial charge in [-0.3, -0.25) is 14.8 Å². The molecule has 0 spiro atoms. The van der Waals surface area contributed by atoms with Crippen molar-refractivity contribution in [3.63, 3.8) is 0 Å². The molecule has 2 aromatic rings. The Morgan fingerprint density at radius 1 is 1.48 bits per heavy atom. The lowest BCUT2D eigenvalue weighted by atomic mass is 10.1. The molecule has 9 heteroatoms. The number of nitro groups is 1. The summed E-state index contributed by atoms with van der Waals surface area (Å²) in [5, 5.41) is 26.6. The molecule has 0 aliphatic carbocycles. The van der Waals surface area contributed by atoms with Gasteiger partial charge in [0.1, 0.15) is 11.5 Å². The summed E-state index contributed by atoms with van der Waals surface area (Å²) in [5.41, 5.74) is -0.295. The van der Waals surface area contributed by atoms with Crippen LogP contribution in [-0.4, -0.2) is 25.8 Å². The summed E-state index contributed by atoms with van der Waals surface area (Å²) in [7, 11) is 1.67. The van der Waals surface area contributed by atoms with Crippen molar-refractivity contribution in [2.45, 2.75) is 6.92 Å². The molecule has 8 nitrogen and oxygen atoms in total. The highest BCUT2D eigenvalue weighted by molar-refractivity contribution is 5.91. The third-order valence-electron chi connectivity index (χ3n) is 2.80. The molecule has 0 aliphatic heterocycles. The van der Waals surface area contributed by atoms with Crippen molar-refractivity contribution in [2.24, 2.45) is 7.05 Å². The van der Waals surface area contributed by atoms with E-state index in [2.05, 4.69) is 10.4 Å². The van der Waals surface area contributed by atoms with Crippen LogP contribution in [0.25, 0.3) is 0 Å². The first-order valence-electron chi connectivity index (χ1n) is 5.78. The number of hydrogen-bond acceptors (Lipinski definition) is 5. The fourth-order valence-electron chi connectivity index (χ4n) is 1.85. The van der Waals surface area contributed by atoms with Crippen LogP contribution in [0.4, 0.5) is 21.5 Å². The Hall–Kier alpha value is -2.97. The van der Waals surface area contributed by atoms with Crippen LogP contribution in [0.5, 0.6) is 0 Å². The van der Waals surface area contributed by atoms with Crippen LogP contribution >= 0.6 is 0 Å². The van der Waals surface area contributed by atoms with Crippen molar-refractivity contribution in [1.82, 2.24) is 9.78 Å². The number of aromatic carboxylic acids is 1. The van der Waals surface area contributed by atoms with Gasteiger partial charge < -0.3 is 10.4 Å². The van der Waals surface area contributed by atoms with Gasteiger partial charge in [0.15, 0.2) is 0 Å². The van der Waals surface area contributed by atoms with E-state index in [-0.39, 0.29) is 5.69 Å². The van der Waals surface area contributed by atoms with Crippen LogP contribution in [0, 0.1) is 22.9 Å². The van der Waals surface area contributed by atoms with Gasteiger partial charge in [0.2, 0.25) is 0 Å². The van der Waals surface area contributed by atoms with E-state index in [1.54, 1.807) is 20.2 Å². The van der Waals surface area contributed by atoms with E-state index in [0.717, 1.165) is 6.07 Å². The number of rotatable bonds is 4. The summed E-state index contributed by atoms with van der Waals surface area (Å²) in [4.78, 5) is 21.1. The second-order valence-corrected chi connectivity index (χ2v) is 4.34. The van der Waals surface area contributed by atoms with Gasteiger partial charge in [0.25, 0.3) is 5.69 Å². The van der Waals surface area contributed by atoms with Crippen LogP contribution in [0.15, 0.2) is 18.3 Å². The van der Waals surface area contributed by atoms with Crippen molar-refractivity contribution in [2.75, 3.05) is 5.32 Å². The van der Waals surface area contributed by atoms with E-state index in [1.165, 1.54) is 4.68 Å². The molecule has 2 rings (SSSR count). The van der Waals surface area contributed by atoms with Crippen molar-refractivity contribution in [3.8, 4) is 0 Å². The average molecular weight is 294 g/mol. The number of halogens is 1. The van der Waals surface area contributed by atoms with Crippen LogP contribution in [0.3, 0.4) is 0 Å². The second-order valence-electron chi connectivity index (χ2n) is 4.34. The number of carboxylic acid groups (broad SMARTS) is 1. The van der Waals surface area contributed by atoms with Crippen molar-refractivity contribution < 1.29 is 19.2 Å². The summed E-state index contributed by atoms with van der Waals surface area (Å²) in [5.74, 6) is -2.67. The molecule has 1 heterocycles. The minimum atomic E-state index is -1.51. The second kappa shape index (κ2) is 5.19. The largest absolute Gasteiger partial charge is 0.478 e. The third kappa shape index (κ3) is 2.81. The Kier molecular flexibility index (Phi) is 3.57. The normalized spacial score (nSPS) is 10.4. The molecule has 1 aromatic carbocycles. The molecule has 0 fully saturated rings. The number of carboxylic acids is 1. The van der Waals surface area contributed by atoms with E-state index in [1.807, 2.05) is 0 Å². The molecule has 1 aromatic heterocycles. The van der Waals surface area contributed by atoms with Crippen LogP contribution < -0.4 is 5.32 Å². The zero-order valence-corrected chi connectivity index (χ0v) is 11.1. The number of benzene rings is 1. The molecule has 0 aliphatic rings. The fourth-order valence-corrected chi connectivity index (χ4v) is 1.85. The Bertz CT molecular complexity index is 741. The maximum Gasteiger partial charge on any atom is 0.338 e. The SMILES string of the molecule is Cc1nn(C)cc1Nc1cc(C(=O)O)c(F)cc1[N+](=O)[O-]. The maximum atomic E-state index is 13.5. The molecular weight excluding hydrogens is 283 g/mol. The molecular formula is C12H11FN4O4. The molecule has 0 saturated carbocycles. The monoisotopic (exact) mass is 294 g/mol. The molecule has 21 heavy (non-hydrogen) atoms. The molecule has 0 radical (unpaired) electrons. The number of nitrogens with one attached hydrogen (secondary N) is 1. The Morgan fingerprint density at radius 3 is 2.62 bits per heavy atom. The van der Waals surface area contributed by atoms with E-state index >= 15 is 0 Å². The number of nitrogens with zero attached hydrogens (tertiary/aromatic N) is 3. The predicted octanol–water partition coefficient (Wildman–Crippen LogP) is 2.22. The highest BCUT2D eigenvalue weighted by Crippen LogP contribution is 2.31.